The standard InChI is InChI=1S/C27H33N5O4S/c1-20-16-29-23(17-28-20)18-31-37(34,35)32-22-12-14-27(15-13-22,21-8-4-3-5-9-21)19-30-26(33)24-10-6-7-11-25(24)36-2/h3-11,16-17,22,31-32H,12-15,18-19H2,1-2H3,(H,30,33)/t22-,27-. The van der Waals surface area contributed by atoms with Gasteiger partial charge in [0.15, 0.2) is 0 Å². The smallest absolute Gasteiger partial charge is 0.277 e. The summed E-state index contributed by atoms with van der Waals surface area (Å²) in [5.41, 5.74) is 2.64. The number of nitrogens with zero attached hydrogens (tertiary/aromatic N) is 2. The minimum atomic E-state index is -3.71. The number of para-hydroxylation sites is 1. The quantitative estimate of drug-likeness (QED) is 0.376. The van der Waals surface area contributed by atoms with E-state index in [2.05, 4.69) is 36.9 Å². The molecule has 1 amide bonds. The number of hydrogen-bond donors (Lipinski definition) is 3. The first-order valence-corrected chi connectivity index (χ1v) is 13.8. The van der Waals surface area contributed by atoms with Crippen LogP contribution in [0.2, 0.25) is 0 Å². The van der Waals surface area contributed by atoms with Crippen molar-refractivity contribution in [3.63, 3.8) is 0 Å². The molecular formula is C27H33N5O4S. The van der Waals surface area contributed by atoms with Crippen molar-refractivity contribution >= 4 is 16.1 Å². The number of ether oxygens (including phenoxy) is 1. The van der Waals surface area contributed by atoms with Crippen LogP contribution in [-0.4, -0.2) is 44.0 Å². The maximum Gasteiger partial charge on any atom is 0.277 e. The van der Waals surface area contributed by atoms with E-state index >= 15 is 0 Å². The molecule has 9 nitrogen and oxygen atoms in total. The molecule has 1 fully saturated rings. The van der Waals surface area contributed by atoms with Gasteiger partial charge in [0.25, 0.3) is 16.1 Å². The van der Waals surface area contributed by atoms with Gasteiger partial charge in [-0.15, -0.1) is 0 Å². The minimum absolute atomic E-state index is 0.0677. The fourth-order valence-electron chi connectivity index (χ4n) is 4.77. The summed E-state index contributed by atoms with van der Waals surface area (Å²) < 4.78 is 36.0. The molecule has 196 valence electrons. The lowest BCUT2D eigenvalue weighted by molar-refractivity contribution is 0.0932. The van der Waals surface area contributed by atoms with Crippen LogP contribution >= 0.6 is 0 Å². The lowest BCUT2D eigenvalue weighted by Crippen LogP contribution is -2.49. The third-order valence-electron chi connectivity index (χ3n) is 6.87. The highest BCUT2D eigenvalue weighted by Crippen LogP contribution is 2.39. The van der Waals surface area contributed by atoms with Crippen molar-refractivity contribution in [2.45, 2.75) is 50.6 Å². The van der Waals surface area contributed by atoms with E-state index in [1.54, 1.807) is 37.7 Å². The van der Waals surface area contributed by atoms with Gasteiger partial charge in [-0.1, -0.05) is 42.5 Å². The van der Waals surface area contributed by atoms with E-state index in [9.17, 15) is 13.2 Å². The summed E-state index contributed by atoms with van der Waals surface area (Å²) in [6.45, 7) is 2.33. The molecule has 1 aliphatic rings. The molecule has 0 bridgehead atoms. The van der Waals surface area contributed by atoms with E-state index in [0.717, 1.165) is 24.1 Å². The van der Waals surface area contributed by atoms with Crippen molar-refractivity contribution in [1.29, 1.82) is 0 Å². The number of methoxy groups -OCH3 is 1. The third kappa shape index (κ3) is 6.91. The van der Waals surface area contributed by atoms with Gasteiger partial charge < -0.3 is 10.1 Å². The second kappa shape index (κ2) is 11.8. The minimum Gasteiger partial charge on any atom is -0.496 e. The molecule has 2 aromatic carbocycles. The number of benzene rings is 2. The van der Waals surface area contributed by atoms with Gasteiger partial charge in [0.2, 0.25) is 0 Å². The molecule has 3 aromatic rings. The zero-order chi connectivity index (χ0) is 26.3. The molecule has 37 heavy (non-hydrogen) atoms. The van der Waals surface area contributed by atoms with Gasteiger partial charge in [-0.25, -0.2) is 0 Å². The lowest BCUT2D eigenvalue weighted by atomic mass is 9.68. The van der Waals surface area contributed by atoms with E-state index in [1.807, 2.05) is 31.2 Å². The SMILES string of the molecule is COc1ccccc1C(=O)NC[C@]1(c2ccccc2)CC[C@H](NS(=O)(=O)NCc2cnc(C)cn2)CC1. The van der Waals surface area contributed by atoms with Gasteiger partial charge in [0, 0.05) is 24.2 Å². The van der Waals surface area contributed by atoms with Crippen LogP contribution in [0.25, 0.3) is 0 Å². The van der Waals surface area contributed by atoms with Crippen LogP contribution in [-0.2, 0) is 22.2 Å². The molecule has 0 atom stereocenters. The summed E-state index contributed by atoms with van der Waals surface area (Å²) in [5.74, 6) is 0.329. The van der Waals surface area contributed by atoms with Crippen molar-refractivity contribution in [3.8, 4) is 5.75 Å². The number of hydrogen-bond acceptors (Lipinski definition) is 6. The molecule has 10 heteroatoms. The van der Waals surface area contributed by atoms with Crippen LogP contribution in [0.3, 0.4) is 0 Å². The topological polar surface area (TPSA) is 122 Å². The van der Waals surface area contributed by atoms with E-state index in [1.165, 1.54) is 0 Å². The molecule has 0 aliphatic heterocycles. The van der Waals surface area contributed by atoms with Crippen LogP contribution in [0.1, 0.15) is 53.0 Å². The average molecular weight is 524 g/mol. The van der Waals surface area contributed by atoms with Crippen LogP contribution in [0, 0.1) is 6.92 Å². The van der Waals surface area contributed by atoms with Crippen LogP contribution in [0.5, 0.6) is 5.75 Å². The molecule has 1 aliphatic carbocycles. The highest BCUT2D eigenvalue weighted by Gasteiger charge is 2.38. The van der Waals surface area contributed by atoms with Crippen molar-refractivity contribution in [2.75, 3.05) is 13.7 Å². The fourth-order valence-corrected chi connectivity index (χ4v) is 5.86. The molecule has 3 N–H and O–H groups in total. The van der Waals surface area contributed by atoms with Crippen molar-refractivity contribution in [2.24, 2.45) is 0 Å². The van der Waals surface area contributed by atoms with Gasteiger partial charge in [0.05, 0.1) is 36.8 Å². The summed E-state index contributed by atoms with van der Waals surface area (Å²) >= 11 is 0. The number of aryl methyl sites for hydroxylation is 1. The van der Waals surface area contributed by atoms with Crippen LogP contribution in [0.4, 0.5) is 0 Å². The van der Waals surface area contributed by atoms with Gasteiger partial charge in [-0.3, -0.25) is 14.8 Å². The number of nitrogens with one attached hydrogen (secondary N) is 3. The Bertz CT molecular complexity index is 1290. The van der Waals surface area contributed by atoms with Gasteiger partial charge in [0.1, 0.15) is 5.75 Å². The van der Waals surface area contributed by atoms with Crippen LogP contribution in [0.15, 0.2) is 67.0 Å². The summed E-state index contributed by atoms with van der Waals surface area (Å²) in [4.78, 5) is 21.3. The summed E-state index contributed by atoms with van der Waals surface area (Å²) in [6, 6.07) is 17.0. The Hall–Kier alpha value is -3.34. The average Bonchev–Trinajstić information content (AvgIpc) is 2.92. The number of rotatable bonds is 10. The Morgan fingerprint density at radius 2 is 1.73 bits per heavy atom. The number of aromatic nitrogens is 2. The third-order valence-corrected chi connectivity index (χ3v) is 8.04. The Morgan fingerprint density at radius 3 is 2.41 bits per heavy atom. The van der Waals surface area contributed by atoms with Crippen molar-refractivity contribution in [1.82, 2.24) is 24.7 Å². The van der Waals surface area contributed by atoms with E-state index in [-0.39, 0.29) is 23.9 Å². The molecule has 1 heterocycles. The molecule has 1 aromatic heterocycles. The Morgan fingerprint density at radius 1 is 1.03 bits per heavy atom. The van der Waals surface area contributed by atoms with Crippen LogP contribution < -0.4 is 19.5 Å². The van der Waals surface area contributed by atoms with Gasteiger partial charge in [-0.05, 0) is 50.3 Å². The summed E-state index contributed by atoms with van der Waals surface area (Å²) in [5, 5.41) is 3.11. The van der Waals surface area contributed by atoms with E-state index < -0.39 is 10.2 Å². The molecule has 0 spiro atoms. The summed E-state index contributed by atoms with van der Waals surface area (Å²) in [6.07, 6.45) is 5.90. The molecular weight excluding hydrogens is 490 g/mol. The zero-order valence-electron chi connectivity index (χ0n) is 21.1. The van der Waals surface area contributed by atoms with Gasteiger partial charge in [-0.2, -0.15) is 17.9 Å². The Kier molecular flexibility index (Phi) is 8.52. The highest BCUT2D eigenvalue weighted by molar-refractivity contribution is 7.87. The monoisotopic (exact) mass is 523 g/mol. The van der Waals surface area contributed by atoms with E-state index in [0.29, 0.717) is 36.4 Å². The Labute approximate surface area is 218 Å². The molecule has 0 unspecified atom stereocenters. The second-order valence-electron chi connectivity index (χ2n) is 9.40. The normalized spacial score (nSPS) is 19.8. The highest BCUT2D eigenvalue weighted by atomic mass is 32.2. The van der Waals surface area contributed by atoms with E-state index in [4.69, 9.17) is 4.74 Å². The first-order valence-electron chi connectivity index (χ1n) is 12.3. The number of amides is 1. The first-order chi connectivity index (χ1) is 17.8. The van der Waals surface area contributed by atoms with Crippen molar-refractivity contribution < 1.29 is 17.9 Å². The lowest BCUT2D eigenvalue weighted by Gasteiger charge is -2.41. The Balaban J connectivity index is 1.40. The molecule has 0 radical (unpaired) electrons. The second-order valence-corrected chi connectivity index (χ2v) is 10.9. The zero-order valence-corrected chi connectivity index (χ0v) is 21.9. The predicted octanol–water partition coefficient (Wildman–Crippen LogP) is 3.03. The van der Waals surface area contributed by atoms with Gasteiger partial charge >= 0.3 is 0 Å². The molecule has 0 saturated heterocycles. The maximum absolute atomic E-state index is 13.0. The number of carbonyl (C=O) groups excluding carboxylic acids is 1. The van der Waals surface area contributed by atoms with Crippen molar-refractivity contribution in [3.05, 3.63) is 89.5 Å². The maximum atomic E-state index is 13.0. The summed E-state index contributed by atoms with van der Waals surface area (Å²) in [7, 11) is -2.17. The largest absolute Gasteiger partial charge is 0.496 e. The first kappa shape index (κ1) is 26.7. The number of carbonyl (C=O) groups is 1. The predicted molar refractivity (Wildman–Crippen MR) is 141 cm³/mol. The molecule has 1 saturated carbocycles. The fraction of sp³-hybridized carbons (Fsp3) is 0.370. The molecule has 4 rings (SSSR count).